The normalized spacial score (nSPS) is 9.59. The van der Waals surface area contributed by atoms with E-state index in [2.05, 4.69) is 18.8 Å². The molecule has 92 valence electrons. The second kappa shape index (κ2) is 7.70. The monoisotopic (exact) mass is 236 g/mol. The predicted octanol–water partition coefficient (Wildman–Crippen LogP) is 2.74. The highest BCUT2D eigenvalue weighted by Crippen LogP contribution is 2.19. The summed E-state index contributed by atoms with van der Waals surface area (Å²) in [6.45, 7) is 2.70. The fraction of sp³-hybridized carbons (Fsp3) is 0.429. The van der Waals surface area contributed by atoms with E-state index in [0.29, 0.717) is 24.3 Å². The van der Waals surface area contributed by atoms with Crippen molar-refractivity contribution in [3.8, 4) is 17.6 Å². The molecular formula is C14H17FO2. The molecule has 0 aromatic heterocycles. The lowest BCUT2D eigenvalue weighted by Crippen LogP contribution is -1.98. The first-order chi connectivity index (χ1) is 8.27. The second-order valence-electron chi connectivity index (χ2n) is 3.62. The van der Waals surface area contributed by atoms with Crippen LogP contribution in [0.1, 0.15) is 31.7 Å². The quantitative estimate of drug-likeness (QED) is 0.629. The number of hydrogen-bond donors (Lipinski definition) is 1. The van der Waals surface area contributed by atoms with Crippen molar-refractivity contribution in [3.63, 3.8) is 0 Å². The molecule has 0 aliphatic heterocycles. The van der Waals surface area contributed by atoms with Gasteiger partial charge in [-0.1, -0.05) is 25.2 Å². The van der Waals surface area contributed by atoms with E-state index in [9.17, 15) is 4.39 Å². The number of halogens is 1. The highest BCUT2D eigenvalue weighted by atomic mass is 19.1. The molecule has 1 rings (SSSR count). The summed E-state index contributed by atoms with van der Waals surface area (Å²) in [5, 5.41) is 8.63. The number of unbranched alkanes of at least 4 members (excludes halogenated alkanes) is 1. The van der Waals surface area contributed by atoms with Crippen LogP contribution < -0.4 is 4.74 Å². The number of hydrogen-bond acceptors (Lipinski definition) is 2. The molecule has 0 aliphatic rings. The van der Waals surface area contributed by atoms with Gasteiger partial charge in [-0.15, -0.1) is 0 Å². The molecule has 0 spiro atoms. The smallest absolute Gasteiger partial charge is 0.135 e. The maximum absolute atomic E-state index is 13.1. The number of aliphatic hydroxyl groups excluding tert-OH is 1. The first-order valence-electron chi connectivity index (χ1n) is 5.80. The molecular weight excluding hydrogens is 219 g/mol. The molecule has 3 heteroatoms. The molecule has 1 aromatic rings. The van der Waals surface area contributed by atoms with Crippen LogP contribution in [0.5, 0.6) is 5.75 Å². The van der Waals surface area contributed by atoms with Gasteiger partial charge in [-0.05, 0) is 24.6 Å². The van der Waals surface area contributed by atoms with Gasteiger partial charge in [-0.25, -0.2) is 4.39 Å². The Morgan fingerprint density at radius 3 is 2.94 bits per heavy atom. The minimum Gasteiger partial charge on any atom is -0.492 e. The summed E-state index contributed by atoms with van der Waals surface area (Å²) in [7, 11) is 0. The fourth-order valence-electron chi connectivity index (χ4n) is 1.27. The Hall–Kier alpha value is -1.53. The second-order valence-corrected chi connectivity index (χ2v) is 3.62. The third-order valence-electron chi connectivity index (χ3n) is 2.16. The summed E-state index contributed by atoms with van der Waals surface area (Å²) in [4.78, 5) is 0. The van der Waals surface area contributed by atoms with Gasteiger partial charge in [0.15, 0.2) is 0 Å². The van der Waals surface area contributed by atoms with Gasteiger partial charge in [-0.3, -0.25) is 0 Å². The molecule has 0 radical (unpaired) electrons. The summed E-state index contributed by atoms with van der Waals surface area (Å²) in [6.07, 6.45) is 2.39. The lowest BCUT2D eigenvalue weighted by Gasteiger charge is -2.07. The van der Waals surface area contributed by atoms with E-state index in [1.807, 2.05) is 0 Å². The topological polar surface area (TPSA) is 29.5 Å². The van der Waals surface area contributed by atoms with E-state index in [-0.39, 0.29) is 12.4 Å². The molecule has 0 aliphatic carbocycles. The molecule has 0 bridgehead atoms. The Bertz CT molecular complexity index is 404. The van der Waals surface area contributed by atoms with Crippen LogP contribution in [0, 0.1) is 17.7 Å². The van der Waals surface area contributed by atoms with Gasteiger partial charge in [-0.2, -0.15) is 0 Å². The molecule has 2 nitrogen and oxygen atoms in total. The van der Waals surface area contributed by atoms with E-state index in [1.165, 1.54) is 12.1 Å². The Balaban J connectivity index is 2.77. The minimum atomic E-state index is -0.332. The first-order valence-corrected chi connectivity index (χ1v) is 5.80. The van der Waals surface area contributed by atoms with Crippen molar-refractivity contribution in [1.29, 1.82) is 0 Å². The number of aliphatic hydroxyl groups is 1. The zero-order chi connectivity index (χ0) is 12.5. The molecule has 0 saturated carbocycles. The maximum atomic E-state index is 13.1. The van der Waals surface area contributed by atoms with E-state index in [4.69, 9.17) is 9.84 Å². The molecule has 1 aromatic carbocycles. The Labute approximate surface area is 101 Å². The van der Waals surface area contributed by atoms with Crippen molar-refractivity contribution >= 4 is 0 Å². The van der Waals surface area contributed by atoms with Crippen molar-refractivity contribution < 1.29 is 14.2 Å². The predicted molar refractivity (Wildman–Crippen MR) is 65.4 cm³/mol. The lowest BCUT2D eigenvalue weighted by atomic mass is 10.2. The average Bonchev–Trinajstić information content (AvgIpc) is 2.32. The summed E-state index contributed by atoms with van der Waals surface area (Å²) in [6, 6.07) is 4.30. The molecule has 0 unspecified atom stereocenters. The van der Waals surface area contributed by atoms with Crippen molar-refractivity contribution in [2.45, 2.75) is 26.2 Å². The van der Waals surface area contributed by atoms with Gasteiger partial charge in [0.05, 0.1) is 18.8 Å². The van der Waals surface area contributed by atoms with Crippen LogP contribution in [0.15, 0.2) is 18.2 Å². The summed E-state index contributed by atoms with van der Waals surface area (Å²) in [5.74, 6) is 5.84. The average molecular weight is 236 g/mol. The van der Waals surface area contributed by atoms with Crippen LogP contribution >= 0.6 is 0 Å². The van der Waals surface area contributed by atoms with Gasteiger partial charge in [0.2, 0.25) is 0 Å². The van der Waals surface area contributed by atoms with Gasteiger partial charge in [0.1, 0.15) is 11.6 Å². The van der Waals surface area contributed by atoms with E-state index < -0.39 is 0 Å². The SMILES string of the molecule is CCCCOc1ccc(F)cc1C#CCCO. The number of benzene rings is 1. The molecule has 1 N–H and O–H groups in total. The van der Waals surface area contributed by atoms with Crippen molar-refractivity contribution in [2.24, 2.45) is 0 Å². The van der Waals surface area contributed by atoms with Crippen LogP contribution in [0.25, 0.3) is 0 Å². The van der Waals surface area contributed by atoms with E-state index in [1.54, 1.807) is 6.07 Å². The van der Waals surface area contributed by atoms with Crippen molar-refractivity contribution in [1.82, 2.24) is 0 Å². The van der Waals surface area contributed by atoms with Gasteiger partial charge >= 0.3 is 0 Å². The molecule has 0 heterocycles. The zero-order valence-corrected chi connectivity index (χ0v) is 10.0. The van der Waals surface area contributed by atoms with Crippen LogP contribution in [0.3, 0.4) is 0 Å². The van der Waals surface area contributed by atoms with Gasteiger partial charge in [0.25, 0.3) is 0 Å². The van der Waals surface area contributed by atoms with Gasteiger partial charge in [0, 0.05) is 6.42 Å². The molecule has 0 fully saturated rings. The molecule has 0 atom stereocenters. The number of rotatable bonds is 5. The fourth-order valence-corrected chi connectivity index (χ4v) is 1.27. The highest BCUT2D eigenvalue weighted by Gasteiger charge is 2.02. The minimum absolute atomic E-state index is 0.00827. The van der Waals surface area contributed by atoms with Crippen LogP contribution in [0.4, 0.5) is 4.39 Å². The van der Waals surface area contributed by atoms with Crippen LogP contribution in [0.2, 0.25) is 0 Å². The number of ether oxygens (including phenoxy) is 1. The first kappa shape index (κ1) is 13.5. The summed E-state index contributed by atoms with van der Waals surface area (Å²) >= 11 is 0. The van der Waals surface area contributed by atoms with Crippen LogP contribution in [-0.2, 0) is 0 Å². The highest BCUT2D eigenvalue weighted by molar-refractivity contribution is 5.46. The van der Waals surface area contributed by atoms with Crippen LogP contribution in [-0.4, -0.2) is 18.3 Å². The standard InChI is InChI=1S/C14H17FO2/c1-2-3-10-17-14-8-7-13(15)11-12(14)6-4-5-9-16/h7-8,11,16H,2-3,5,9-10H2,1H3. The summed E-state index contributed by atoms with van der Waals surface area (Å²) < 4.78 is 18.6. The lowest BCUT2D eigenvalue weighted by molar-refractivity contribution is 0.304. The van der Waals surface area contributed by atoms with Crippen molar-refractivity contribution in [3.05, 3.63) is 29.6 Å². The third kappa shape index (κ3) is 4.88. The Morgan fingerprint density at radius 2 is 2.24 bits per heavy atom. The Morgan fingerprint density at radius 1 is 1.41 bits per heavy atom. The molecule has 0 amide bonds. The van der Waals surface area contributed by atoms with Crippen molar-refractivity contribution in [2.75, 3.05) is 13.2 Å². The summed E-state index contributed by atoms with van der Waals surface area (Å²) in [5.41, 5.74) is 0.537. The maximum Gasteiger partial charge on any atom is 0.135 e. The molecule has 17 heavy (non-hydrogen) atoms. The third-order valence-corrected chi connectivity index (χ3v) is 2.16. The van der Waals surface area contributed by atoms with E-state index in [0.717, 1.165) is 12.8 Å². The largest absolute Gasteiger partial charge is 0.492 e. The molecule has 0 saturated heterocycles. The van der Waals surface area contributed by atoms with E-state index >= 15 is 0 Å². The Kier molecular flexibility index (Phi) is 6.13. The van der Waals surface area contributed by atoms with Gasteiger partial charge < -0.3 is 9.84 Å². The zero-order valence-electron chi connectivity index (χ0n) is 10.0.